The van der Waals surface area contributed by atoms with Crippen LogP contribution in [-0.4, -0.2) is 31.9 Å². The third kappa shape index (κ3) is 2.91. The minimum atomic E-state index is -5.70. The molecule has 0 spiro atoms. The van der Waals surface area contributed by atoms with E-state index in [4.69, 9.17) is 0 Å². The van der Waals surface area contributed by atoms with Gasteiger partial charge in [-0.2, -0.15) is 21.6 Å². The molecular formula is C19H18F3NO3S. The Balaban J connectivity index is 1.88. The number of rotatable bonds is 3. The van der Waals surface area contributed by atoms with Gasteiger partial charge in [0, 0.05) is 18.2 Å². The molecule has 4 rings (SSSR count). The van der Waals surface area contributed by atoms with Gasteiger partial charge in [-0.1, -0.05) is 37.3 Å². The van der Waals surface area contributed by atoms with Gasteiger partial charge in [0.1, 0.15) is 5.75 Å². The zero-order valence-corrected chi connectivity index (χ0v) is 15.4. The predicted molar refractivity (Wildman–Crippen MR) is 94.9 cm³/mol. The van der Waals surface area contributed by atoms with Crippen molar-refractivity contribution in [3.05, 3.63) is 53.1 Å². The molecule has 0 amide bonds. The zero-order chi connectivity index (χ0) is 19.4. The maximum Gasteiger partial charge on any atom is 0.534 e. The highest BCUT2D eigenvalue weighted by Crippen LogP contribution is 2.48. The van der Waals surface area contributed by atoms with Gasteiger partial charge in [-0.25, -0.2) is 0 Å². The number of halogens is 3. The minimum absolute atomic E-state index is 0.000732. The van der Waals surface area contributed by atoms with Crippen LogP contribution in [-0.2, 0) is 23.0 Å². The van der Waals surface area contributed by atoms with E-state index in [1.165, 1.54) is 11.6 Å². The van der Waals surface area contributed by atoms with Gasteiger partial charge in [0.15, 0.2) is 0 Å². The molecule has 1 heterocycles. The Labute approximate surface area is 155 Å². The summed E-state index contributed by atoms with van der Waals surface area (Å²) in [4.78, 5) is 2.27. The van der Waals surface area contributed by atoms with Gasteiger partial charge in [-0.05, 0) is 47.7 Å². The van der Waals surface area contributed by atoms with Crippen molar-refractivity contribution in [1.82, 2.24) is 4.90 Å². The van der Waals surface area contributed by atoms with Gasteiger partial charge in [0.25, 0.3) is 0 Å². The Morgan fingerprint density at radius 2 is 1.89 bits per heavy atom. The normalized spacial score (nSPS) is 19.3. The number of benzene rings is 2. The molecule has 2 aromatic rings. The van der Waals surface area contributed by atoms with E-state index < -0.39 is 15.6 Å². The third-order valence-corrected chi connectivity index (χ3v) is 6.31. The summed E-state index contributed by atoms with van der Waals surface area (Å²) in [6, 6.07) is 10.9. The second kappa shape index (κ2) is 6.24. The molecular weight excluding hydrogens is 379 g/mol. The Morgan fingerprint density at radius 3 is 2.59 bits per heavy atom. The molecule has 1 aliphatic carbocycles. The average Bonchev–Trinajstić information content (AvgIpc) is 2.62. The second-order valence-electron chi connectivity index (χ2n) is 6.74. The van der Waals surface area contributed by atoms with E-state index in [2.05, 4.69) is 15.1 Å². The quantitative estimate of drug-likeness (QED) is 0.579. The molecule has 0 bridgehead atoms. The number of fused-ring (bicyclic) bond motifs is 2. The van der Waals surface area contributed by atoms with Crippen LogP contribution < -0.4 is 4.18 Å². The van der Waals surface area contributed by atoms with Crippen LogP contribution in [0.25, 0.3) is 11.1 Å². The Kier molecular flexibility index (Phi) is 4.23. The smallest absolute Gasteiger partial charge is 0.376 e. The Bertz CT molecular complexity index is 1000. The summed E-state index contributed by atoms with van der Waals surface area (Å²) < 4.78 is 65.9. The van der Waals surface area contributed by atoms with Crippen molar-refractivity contribution in [2.75, 3.05) is 13.1 Å². The summed E-state index contributed by atoms with van der Waals surface area (Å²) in [5, 5.41) is 0. The lowest BCUT2D eigenvalue weighted by molar-refractivity contribution is -0.0500. The van der Waals surface area contributed by atoms with Crippen molar-refractivity contribution < 1.29 is 25.8 Å². The van der Waals surface area contributed by atoms with Crippen molar-refractivity contribution in [2.24, 2.45) is 0 Å². The largest absolute Gasteiger partial charge is 0.534 e. The second-order valence-corrected chi connectivity index (χ2v) is 8.28. The van der Waals surface area contributed by atoms with E-state index >= 15 is 0 Å². The van der Waals surface area contributed by atoms with Gasteiger partial charge in [-0.3, -0.25) is 4.90 Å². The molecule has 0 fully saturated rings. The predicted octanol–water partition coefficient (Wildman–Crippen LogP) is 4.06. The fraction of sp³-hybridized carbons (Fsp3) is 0.368. The Morgan fingerprint density at radius 1 is 1.15 bits per heavy atom. The van der Waals surface area contributed by atoms with Crippen molar-refractivity contribution in [3.63, 3.8) is 0 Å². The molecule has 2 aromatic carbocycles. The maximum absolute atomic E-state index is 12.8. The molecule has 4 nitrogen and oxygen atoms in total. The highest BCUT2D eigenvalue weighted by Gasteiger charge is 2.49. The van der Waals surface area contributed by atoms with Crippen LogP contribution in [0.2, 0.25) is 0 Å². The molecule has 27 heavy (non-hydrogen) atoms. The minimum Gasteiger partial charge on any atom is -0.376 e. The summed E-state index contributed by atoms with van der Waals surface area (Å²) >= 11 is 0. The summed E-state index contributed by atoms with van der Waals surface area (Å²) in [7, 11) is -5.70. The zero-order valence-electron chi connectivity index (χ0n) is 14.6. The van der Waals surface area contributed by atoms with Crippen LogP contribution in [0.5, 0.6) is 5.75 Å². The van der Waals surface area contributed by atoms with E-state index in [9.17, 15) is 21.6 Å². The summed E-state index contributed by atoms with van der Waals surface area (Å²) in [6.45, 7) is 3.49. The van der Waals surface area contributed by atoms with Crippen molar-refractivity contribution in [2.45, 2.75) is 31.3 Å². The van der Waals surface area contributed by atoms with Crippen LogP contribution in [0.3, 0.4) is 0 Å². The molecule has 2 aliphatic rings. The molecule has 8 heteroatoms. The standard InChI is InChI=1S/C19H18F3NO3S/c1-2-23-10-9-15-17(26-27(24,25)19(20,21)22)8-7-14-13-6-4-3-5-12(13)11-16(23)18(14)15/h3-8,16H,2,9-11H2,1H3. The number of hydrogen-bond donors (Lipinski definition) is 0. The highest BCUT2D eigenvalue weighted by atomic mass is 32.2. The van der Waals surface area contributed by atoms with Gasteiger partial charge in [-0.15, -0.1) is 0 Å². The maximum atomic E-state index is 12.8. The summed E-state index contributed by atoms with van der Waals surface area (Å²) in [5.41, 5.74) is -0.856. The van der Waals surface area contributed by atoms with Gasteiger partial charge >= 0.3 is 15.6 Å². The molecule has 0 saturated heterocycles. The van der Waals surface area contributed by atoms with Crippen LogP contribution in [0.15, 0.2) is 36.4 Å². The first kappa shape index (κ1) is 18.3. The number of alkyl halides is 3. The number of nitrogens with zero attached hydrogens (tertiary/aromatic N) is 1. The third-order valence-electron chi connectivity index (χ3n) is 5.35. The monoisotopic (exact) mass is 397 g/mol. The van der Waals surface area contributed by atoms with Crippen LogP contribution in [0.4, 0.5) is 13.2 Å². The molecule has 0 saturated carbocycles. The van der Waals surface area contributed by atoms with E-state index in [-0.39, 0.29) is 11.8 Å². The van der Waals surface area contributed by atoms with Crippen molar-refractivity contribution in [3.8, 4) is 16.9 Å². The van der Waals surface area contributed by atoms with Gasteiger partial charge in [0.05, 0.1) is 0 Å². The molecule has 1 aliphatic heterocycles. The van der Waals surface area contributed by atoms with Crippen LogP contribution in [0.1, 0.15) is 29.7 Å². The SMILES string of the molecule is CCN1CCc2c(OS(=O)(=O)C(F)(F)F)ccc3c2C1Cc1ccccc1-3. The molecule has 0 N–H and O–H groups in total. The van der Waals surface area contributed by atoms with Crippen LogP contribution in [0, 0.1) is 0 Å². The fourth-order valence-corrected chi connectivity index (χ4v) is 4.62. The van der Waals surface area contributed by atoms with E-state index in [0.717, 1.165) is 29.7 Å². The summed E-state index contributed by atoms with van der Waals surface area (Å²) in [6.07, 6.45) is 1.18. The van der Waals surface area contributed by atoms with Crippen LogP contribution >= 0.6 is 0 Å². The van der Waals surface area contributed by atoms with E-state index in [0.29, 0.717) is 18.5 Å². The van der Waals surface area contributed by atoms with Gasteiger partial charge < -0.3 is 4.18 Å². The van der Waals surface area contributed by atoms with Crippen molar-refractivity contribution in [1.29, 1.82) is 0 Å². The van der Waals surface area contributed by atoms with Gasteiger partial charge in [0.2, 0.25) is 0 Å². The lowest BCUT2D eigenvalue weighted by Crippen LogP contribution is -2.38. The molecule has 144 valence electrons. The lowest BCUT2D eigenvalue weighted by Gasteiger charge is -2.41. The molecule has 1 unspecified atom stereocenters. The fourth-order valence-electron chi connectivity index (χ4n) is 4.13. The lowest BCUT2D eigenvalue weighted by atomic mass is 9.77. The Hall–Kier alpha value is -2.06. The summed E-state index contributed by atoms with van der Waals surface area (Å²) in [5.74, 6) is -0.216. The molecule has 0 radical (unpaired) electrons. The average molecular weight is 397 g/mol. The first-order valence-corrected chi connectivity index (χ1v) is 10.1. The van der Waals surface area contributed by atoms with E-state index in [1.807, 2.05) is 25.1 Å². The first-order valence-electron chi connectivity index (χ1n) is 8.72. The number of hydrogen-bond acceptors (Lipinski definition) is 4. The highest BCUT2D eigenvalue weighted by molar-refractivity contribution is 7.88. The topological polar surface area (TPSA) is 46.6 Å². The first-order chi connectivity index (χ1) is 12.7. The van der Waals surface area contributed by atoms with E-state index in [1.54, 1.807) is 6.07 Å². The molecule has 1 atom stereocenters. The van der Waals surface area contributed by atoms with Crippen molar-refractivity contribution >= 4 is 10.1 Å². The number of likely N-dealkylation sites (N-methyl/N-ethyl adjacent to an activating group) is 1. The molecule has 0 aromatic heterocycles.